The fourth-order valence-corrected chi connectivity index (χ4v) is 2.30. The van der Waals surface area contributed by atoms with Crippen molar-refractivity contribution in [1.82, 2.24) is 15.0 Å². The molecule has 0 bridgehead atoms. The van der Waals surface area contributed by atoms with Gasteiger partial charge in [0.15, 0.2) is 0 Å². The van der Waals surface area contributed by atoms with E-state index in [4.69, 9.17) is 9.72 Å². The Morgan fingerprint density at radius 3 is 2.71 bits per heavy atom. The van der Waals surface area contributed by atoms with Crippen LogP contribution < -0.4 is 10.1 Å². The lowest BCUT2D eigenvalue weighted by Gasteiger charge is -2.12. The highest BCUT2D eigenvalue weighted by Gasteiger charge is 2.10. The van der Waals surface area contributed by atoms with Crippen molar-refractivity contribution in [3.8, 4) is 17.0 Å². The first-order valence-electron chi connectivity index (χ1n) is 7.86. The maximum atomic E-state index is 5.31. The van der Waals surface area contributed by atoms with E-state index < -0.39 is 0 Å². The van der Waals surface area contributed by atoms with E-state index in [9.17, 15) is 0 Å². The summed E-state index contributed by atoms with van der Waals surface area (Å²) >= 11 is 0. The van der Waals surface area contributed by atoms with Gasteiger partial charge in [0, 0.05) is 17.8 Å². The lowest BCUT2D eigenvalue weighted by molar-refractivity contribution is 0.415. The van der Waals surface area contributed by atoms with E-state index >= 15 is 0 Å². The number of nitrogens with zero attached hydrogens (tertiary/aromatic N) is 3. The molecule has 0 aliphatic rings. The first kappa shape index (κ1) is 16.0. The highest BCUT2D eigenvalue weighted by Crippen LogP contribution is 2.26. The van der Waals surface area contributed by atoms with Crippen molar-refractivity contribution in [3.63, 3.8) is 0 Å². The first-order chi connectivity index (χ1) is 11.7. The van der Waals surface area contributed by atoms with Gasteiger partial charge in [-0.2, -0.15) is 0 Å². The van der Waals surface area contributed by atoms with Gasteiger partial charge in [0.2, 0.25) is 0 Å². The van der Waals surface area contributed by atoms with Gasteiger partial charge < -0.3 is 10.1 Å². The van der Waals surface area contributed by atoms with Crippen LogP contribution in [0.25, 0.3) is 11.3 Å². The zero-order valence-corrected chi connectivity index (χ0v) is 14.0. The number of hydrogen-bond acceptors (Lipinski definition) is 5. The maximum Gasteiger partial charge on any atom is 0.134 e. The molecule has 1 N–H and O–H groups in total. The van der Waals surface area contributed by atoms with Gasteiger partial charge in [-0.05, 0) is 30.1 Å². The predicted molar refractivity (Wildman–Crippen MR) is 98.5 cm³/mol. The molecule has 1 atom stereocenters. The van der Waals surface area contributed by atoms with Crippen LogP contribution in [0, 0.1) is 0 Å². The molecule has 1 aromatic carbocycles. The number of rotatable bonds is 5. The van der Waals surface area contributed by atoms with Gasteiger partial charge in [-0.1, -0.05) is 19.1 Å². The molecule has 6 heteroatoms. The number of benzene rings is 1. The molecular formula is C18H19BN4O. The second-order valence-corrected chi connectivity index (χ2v) is 5.75. The molecule has 0 spiro atoms. The molecule has 3 rings (SSSR count). The van der Waals surface area contributed by atoms with Gasteiger partial charge in [0.05, 0.1) is 24.7 Å². The monoisotopic (exact) mass is 318 g/mol. The molecule has 0 aliphatic carbocycles. The van der Waals surface area contributed by atoms with Gasteiger partial charge in [0.25, 0.3) is 0 Å². The number of nitrogens with one attached hydrogen (secondary N) is 1. The Labute approximate surface area is 142 Å². The van der Waals surface area contributed by atoms with E-state index in [1.54, 1.807) is 19.5 Å². The molecule has 5 nitrogen and oxygen atoms in total. The van der Waals surface area contributed by atoms with Crippen molar-refractivity contribution in [2.24, 2.45) is 0 Å². The second kappa shape index (κ2) is 7.13. The molecule has 0 saturated heterocycles. The Kier molecular flexibility index (Phi) is 4.75. The molecular weight excluding hydrogens is 299 g/mol. The Balaban J connectivity index is 2.02. The summed E-state index contributed by atoms with van der Waals surface area (Å²) in [5, 5.41) is 3.29. The summed E-state index contributed by atoms with van der Waals surface area (Å²) in [5.74, 6) is 2.57. The Morgan fingerprint density at radius 2 is 2.00 bits per heavy atom. The molecule has 3 aromatic rings. The molecule has 0 aliphatic heterocycles. The smallest absolute Gasteiger partial charge is 0.134 e. The predicted octanol–water partition coefficient (Wildman–Crippen LogP) is 2.98. The van der Waals surface area contributed by atoms with Gasteiger partial charge in [-0.3, -0.25) is 4.98 Å². The summed E-state index contributed by atoms with van der Waals surface area (Å²) in [5.41, 5.74) is 2.74. The van der Waals surface area contributed by atoms with E-state index in [0.717, 1.165) is 34.3 Å². The number of methoxy groups -OCH3 is 1. The molecule has 0 saturated carbocycles. The van der Waals surface area contributed by atoms with E-state index in [1.807, 2.05) is 42.5 Å². The summed E-state index contributed by atoms with van der Waals surface area (Å²) in [4.78, 5) is 13.4. The maximum absolute atomic E-state index is 5.31. The van der Waals surface area contributed by atoms with Crippen LogP contribution in [0.15, 0.2) is 54.9 Å². The first-order valence-corrected chi connectivity index (χ1v) is 7.86. The largest absolute Gasteiger partial charge is 0.497 e. The lowest BCUT2D eigenvalue weighted by atomic mass is 9.89. The SMILES string of the molecule is BC(C)c1nc(Nc2cccnc2)cc(-c2cccc(OC)c2)n1. The number of hydrogen-bond donors (Lipinski definition) is 1. The minimum Gasteiger partial charge on any atom is -0.497 e. The van der Waals surface area contributed by atoms with Crippen molar-refractivity contribution in [2.75, 3.05) is 12.4 Å². The summed E-state index contributed by atoms with van der Waals surface area (Å²) in [7, 11) is 3.74. The highest BCUT2D eigenvalue weighted by atomic mass is 16.5. The van der Waals surface area contributed by atoms with Gasteiger partial charge in [0.1, 0.15) is 25.2 Å². The quantitative estimate of drug-likeness (QED) is 0.733. The summed E-state index contributed by atoms with van der Waals surface area (Å²) in [6.07, 6.45) is 3.51. The van der Waals surface area contributed by atoms with Crippen LogP contribution in [0.2, 0.25) is 0 Å². The third-order valence-corrected chi connectivity index (χ3v) is 3.56. The van der Waals surface area contributed by atoms with E-state index in [2.05, 4.69) is 30.1 Å². The summed E-state index contributed by atoms with van der Waals surface area (Å²) < 4.78 is 5.31. The molecule has 0 fully saturated rings. The number of pyridine rings is 1. The van der Waals surface area contributed by atoms with Crippen LogP contribution in [0.1, 0.15) is 18.6 Å². The van der Waals surface area contributed by atoms with Crippen molar-refractivity contribution in [2.45, 2.75) is 12.7 Å². The standard InChI is InChI=1S/C18H19BN4O/c1-12(19)18-22-16(13-5-3-7-15(9-13)24-2)10-17(23-18)21-14-6-4-8-20-11-14/h3-12H,19H2,1-2H3,(H,21,22,23). The van der Waals surface area contributed by atoms with E-state index in [-0.39, 0.29) is 5.82 Å². The molecule has 0 amide bonds. The topological polar surface area (TPSA) is 59.9 Å². The fraction of sp³-hybridized carbons (Fsp3) is 0.167. The van der Waals surface area contributed by atoms with E-state index in [1.165, 1.54) is 0 Å². The minimum absolute atomic E-state index is 0.227. The zero-order chi connectivity index (χ0) is 16.9. The van der Waals surface area contributed by atoms with Gasteiger partial charge >= 0.3 is 0 Å². The van der Waals surface area contributed by atoms with Crippen LogP contribution in [-0.2, 0) is 0 Å². The molecule has 120 valence electrons. The van der Waals surface area contributed by atoms with Crippen LogP contribution >= 0.6 is 0 Å². The zero-order valence-electron chi connectivity index (χ0n) is 14.0. The Morgan fingerprint density at radius 1 is 1.12 bits per heavy atom. The Hall–Kier alpha value is -2.89. The number of anilines is 2. The number of ether oxygens (including phenoxy) is 1. The molecule has 2 aromatic heterocycles. The fourth-order valence-electron chi connectivity index (χ4n) is 2.30. The average molecular weight is 318 g/mol. The van der Waals surface area contributed by atoms with Crippen LogP contribution in [0.4, 0.5) is 11.5 Å². The summed E-state index contributed by atoms with van der Waals surface area (Å²) in [6.45, 7) is 2.08. The van der Waals surface area contributed by atoms with Crippen molar-refractivity contribution >= 4 is 19.4 Å². The second-order valence-electron chi connectivity index (χ2n) is 5.75. The van der Waals surface area contributed by atoms with Crippen molar-refractivity contribution in [3.05, 3.63) is 60.7 Å². The van der Waals surface area contributed by atoms with Crippen LogP contribution in [-0.4, -0.2) is 29.9 Å². The number of aromatic nitrogens is 3. The van der Waals surface area contributed by atoms with E-state index in [0.29, 0.717) is 0 Å². The molecule has 0 radical (unpaired) electrons. The average Bonchev–Trinajstić information content (AvgIpc) is 2.62. The van der Waals surface area contributed by atoms with Crippen LogP contribution in [0.3, 0.4) is 0 Å². The molecule has 2 heterocycles. The minimum atomic E-state index is 0.227. The third kappa shape index (κ3) is 3.71. The normalized spacial score (nSPS) is 11.8. The summed E-state index contributed by atoms with van der Waals surface area (Å²) in [6, 6.07) is 13.6. The Bertz CT molecular complexity index is 824. The van der Waals surface area contributed by atoms with Gasteiger partial charge in [-0.15, -0.1) is 0 Å². The van der Waals surface area contributed by atoms with Crippen molar-refractivity contribution in [1.29, 1.82) is 0 Å². The van der Waals surface area contributed by atoms with Crippen molar-refractivity contribution < 1.29 is 4.74 Å². The highest BCUT2D eigenvalue weighted by molar-refractivity contribution is 6.11. The molecule has 1 unspecified atom stereocenters. The third-order valence-electron chi connectivity index (χ3n) is 3.56. The molecule has 24 heavy (non-hydrogen) atoms. The van der Waals surface area contributed by atoms with Gasteiger partial charge in [-0.25, -0.2) is 9.97 Å². The lowest BCUT2D eigenvalue weighted by Crippen LogP contribution is -2.05. The van der Waals surface area contributed by atoms with Crippen LogP contribution in [0.5, 0.6) is 5.75 Å².